The molecule has 3 aliphatic heterocycles. The van der Waals surface area contributed by atoms with Crippen molar-refractivity contribution in [3.63, 3.8) is 0 Å². The van der Waals surface area contributed by atoms with Crippen LogP contribution in [-0.4, -0.2) is 60.0 Å². The van der Waals surface area contributed by atoms with Crippen molar-refractivity contribution in [2.75, 3.05) is 13.7 Å². The van der Waals surface area contributed by atoms with Gasteiger partial charge in [0.1, 0.15) is 24.2 Å². The molecule has 0 aromatic heterocycles. The van der Waals surface area contributed by atoms with Gasteiger partial charge in [-0.3, -0.25) is 9.69 Å². The van der Waals surface area contributed by atoms with Gasteiger partial charge < -0.3 is 14.6 Å². The number of piperidine rings is 1. The molecular weight excluding hydrogens is 318 g/mol. The molecule has 6 heteroatoms. The summed E-state index contributed by atoms with van der Waals surface area (Å²) in [5.41, 5.74) is 0.803. The summed E-state index contributed by atoms with van der Waals surface area (Å²) in [7, 11) is 2.13. The SMILES string of the molecule is CN1[C@H]2CC(OC(=O)C(CO)c3ccccc3)C[C@H]1[C@H]1O[C@H]12.Cl. The highest BCUT2D eigenvalue weighted by molar-refractivity contribution is 5.85. The number of likely N-dealkylation sites (N-methyl/N-ethyl adjacent to an activating group) is 1. The predicted octanol–water partition coefficient (Wildman–Crippen LogP) is 1.34. The van der Waals surface area contributed by atoms with Crippen molar-refractivity contribution in [1.82, 2.24) is 4.90 Å². The molecule has 2 bridgehead atoms. The Kier molecular flexibility index (Phi) is 4.65. The maximum absolute atomic E-state index is 12.4. The molecule has 1 aromatic rings. The summed E-state index contributed by atoms with van der Waals surface area (Å²) in [6.45, 7) is -0.226. The van der Waals surface area contributed by atoms with Crippen molar-refractivity contribution in [1.29, 1.82) is 0 Å². The van der Waals surface area contributed by atoms with Crippen LogP contribution in [-0.2, 0) is 14.3 Å². The van der Waals surface area contributed by atoms with Crippen LogP contribution in [0.4, 0.5) is 0 Å². The minimum absolute atomic E-state index is 0. The van der Waals surface area contributed by atoms with Crippen LogP contribution in [0.25, 0.3) is 0 Å². The number of morpholine rings is 1. The topological polar surface area (TPSA) is 62.3 Å². The molecule has 6 atom stereocenters. The van der Waals surface area contributed by atoms with E-state index in [0.717, 1.165) is 18.4 Å². The average molecular weight is 340 g/mol. The van der Waals surface area contributed by atoms with Crippen molar-refractivity contribution in [2.45, 2.75) is 49.2 Å². The molecule has 4 rings (SSSR count). The quantitative estimate of drug-likeness (QED) is 0.662. The minimum atomic E-state index is -0.593. The Morgan fingerprint density at radius 1 is 1.30 bits per heavy atom. The van der Waals surface area contributed by atoms with Gasteiger partial charge >= 0.3 is 5.97 Å². The number of nitrogens with zero attached hydrogens (tertiary/aromatic N) is 1. The number of halogens is 1. The second-order valence-electron chi connectivity index (χ2n) is 6.54. The van der Waals surface area contributed by atoms with E-state index < -0.39 is 5.92 Å². The zero-order valence-corrected chi connectivity index (χ0v) is 13.8. The van der Waals surface area contributed by atoms with E-state index in [1.165, 1.54) is 0 Å². The average Bonchev–Trinajstić information content (AvgIpc) is 3.27. The monoisotopic (exact) mass is 339 g/mol. The number of carbonyl (C=O) groups is 1. The number of rotatable bonds is 4. The molecule has 3 aliphatic rings. The van der Waals surface area contributed by atoms with Gasteiger partial charge in [-0.2, -0.15) is 0 Å². The Bertz CT molecular complexity index is 551. The van der Waals surface area contributed by atoms with Crippen molar-refractivity contribution in [3.8, 4) is 0 Å². The van der Waals surface area contributed by atoms with Gasteiger partial charge in [-0.15, -0.1) is 12.4 Å². The van der Waals surface area contributed by atoms with E-state index in [0.29, 0.717) is 24.3 Å². The van der Waals surface area contributed by atoms with Gasteiger partial charge in [0.15, 0.2) is 0 Å². The molecule has 0 aliphatic carbocycles. The van der Waals surface area contributed by atoms with Crippen LogP contribution < -0.4 is 0 Å². The minimum Gasteiger partial charge on any atom is -0.462 e. The zero-order valence-electron chi connectivity index (χ0n) is 13.0. The molecule has 3 saturated heterocycles. The first kappa shape index (κ1) is 16.7. The van der Waals surface area contributed by atoms with Crippen LogP contribution >= 0.6 is 12.4 Å². The molecule has 126 valence electrons. The molecule has 5 nitrogen and oxygen atoms in total. The summed E-state index contributed by atoms with van der Waals surface area (Å²) >= 11 is 0. The second kappa shape index (κ2) is 6.40. The first-order valence-corrected chi connectivity index (χ1v) is 7.92. The van der Waals surface area contributed by atoms with Gasteiger partial charge in [0.25, 0.3) is 0 Å². The van der Waals surface area contributed by atoms with E-state index in [9.17, 15) is 9.90 Å². The van der Waals surface area contributed by atoms with E-state index in [1.807, 2.05) is 30.3 Å². The molecule has 23 heavy (non-hydrogen) atoms. The van der Waals surface area contributed by atoms with Crippen LogP contribution in [0, 0.1) is 0 Å². The number of fused-ring (bicyclic) bond motifs is 5. The number of aliphatic hydroxyl groups is 1. The lowest BCUT2D eigenvalue weighted by atomic mass is 9.97. The number of ether oxygens (including phenoxy) is 2. The van der Waals surface area contributed by atoms with Crippen molar-refractivity contribution in [3.05, 3.63) is 35.9 Å². The molecule has 3 fully saturated rings. The molecule has 2 unspecified atom stereocenters. The Balaban J connectivity index is 0.00000156. The van der Waals surface area contributed by atoms with Crippen LogP contribution in [0.3, 0.4) is 0 Å². The number of hydrogen-bond donors (Lipinski definition) is 1. The second-order valence-corrected chi connectivity index (χ2v) is 6.54. The predicted molar refractivity (Wildman–Crippen MR) is 86.6 cm³/mol. The first-order valence-electron chi connectivity index (χ1n) is 7.92. The Morgan fingerprint density at radius 3 is 2.48 bits per heavy atom. The van der Waals surface area contributed by atoms with E-state index in [2.05, 4.69) is 11.9 Å². The zero-order chi connectivity index (χ0) is 15.3. The fraction of sp³-hybridized carbons (Fsp3) is 0.588. The van der Waals surface area contributed by atoms with Gasteiger partial charge in [0.05, 0.1) is 6.61 Å². The number of esters is 1. The largest absolute Gasteiger partial charge is 0.462 e. The molecule has 0 radical (unpaired) electrons. The fourth-order valence-electron chi connectivity index (χ4n) is 4.04. The van der Waals surface area contributed by atoms with Crippen LogP contribution in [0.2, 0.25) is 0 Å². The summed E-state index contributed by atoms with van der Waals surface area (Å²) < 4.78 is 11.4. The summed E-state index contributed by atoms with van der Waals surface area (Å²) in [6, 6.07) is 10.1. The molecule has 0 saturated carbocycles. The third kappa shape index (κ3) is 2.87. The van der Waals surface area contributed by atoms with Gasteiger partial charge in [-0.1, -0.05) is 30.3 Å². The maximum Gasteiger partial charge on any atom is 0.316 e. The van der Waals surface area contributed by atoms with Gasteiger partial charge in [0.2, 0.25) is 0 Å². The lowest BCUT2D eigenvalue weighted by Crippen LogP contribution is -2.48. The van der Waals surface area contributed by atoms with E-state index in [1.54, 1.807) is 0 Å². The van der Waals surface area contributed by atoms with Crippen molar-refractivity contribution >= 4 is 18.4 Å². The Morgan fingerprint density at radius 2 is 1.91 bits per heavy atom. The third-order valence-corrected chi connectivity index (χ3v) is 5.33. The normalized spacial score (nSPS) is 35.8. The molecular formula is C17H22ClNO4. The molecule has 1 N–H and O–H groups in total. The smallest absolute Gasteiger partial charge is 0.316 e. The molecule has 0 amide bonds. The molecule has 0 spiro atoms. The van der Waals surface area contributed by atoms with Crippen LogP contribution in [0.15, 0.2) is 30.3 Å². The van der Waals surface area contributed by atoms with Crippen LogP contribution in [0.1, 0.15) is 24.3 Å². The summed E-state index contributed by atoms with van der Waals surface area (Å²) in [5, 5.41) is 9.56. The summed E-state index contributed by atoms with van der Waals surface area (Å²) in [6.07, 6.45) is 2.26. The molecule has 3 heterocycles. The highest BCUT2D eigenvalue weighted by Gasteiger charge is 2.62. The maximum atomic E-state index is 12.4. The van der Waals surface area contributed by atoms with Crippen molar-refractivity contribution in [2.24, 2.45) is 0 Å². The number of aliphatic hydroxyl groups excluding tert-OH is 1. The Labute approximate surface area is 142 Å². The summed E-state index contributed by atoms with van der Waals surface area (Å²) in [4.78, 5) is 14.8. The van der Waals surface area contributed by atoms with Gasteiger partial charge in [-0.05, 0) is 12.6 Å². The van der Waals surface area contributed by atoms with Crippen LogP contribution in [0.5, 0.6) is 0 Å². The Hall–Kier alpha value is -1.14. The van der Waals surface area contributed by atoms with E-state index in [-0.39, 0.29) is 31.1 Å². The highest BCUT2D eigenvalue weighted by atomic mass is 35.5. The number of hydrogen-bond acceptors (Lipinski definition) is 5. The lowest BCUT2D eigenvalue weighted by molar-refractivity contribution is -0.156. The number of epoxide rings is 1. The number of benzene rings is 1. The third-order valence-electron chi connectivity index (χ3n) is 5.33. The number of carbonyl (C=O) groups excluding carboxylic acids is 1. The fourth-order valence-corrected chi connectivity index (χ4v) is 4.04. The standard InChI is InChI=1S/C17H21NO4.ClH/c1-18-13-7-11(8-14(18)16-15(13)22-16)21-17(20)12(9-19)10-5-3-2-4-6-10;/h2-6,11-16,19H,7-9H2,1H3;1H/t11?,12?,13-,14-,15-,16+;/m0./s1. The molecule has 1 aromatic carbocycles. The van der Waals surface area contributed by atoms with E-state index in [4.69, 9.17) is 9.47 Å². The highest BCUT2D eigenvalue weighted by Crippen LogP contribution is 2.48. The lowest BCUT2D eigenvalue weighted by Gasteiger charge is -2.38. The first-order chi connectivity index (χ1) is 10.7. The van der Waals surface area contributed by atoms with Crippen molar-refractivity contribution < 1.29 is 19.4 Å². The van der Waals surface area contributed by atoms with E-state index >= 15 is 0 Å². The summed E-state index contributed by atoms with van der Waals surface area (Å²) in [5.74, 6) is -0.915. The van der Waals surface area contributed by atoms with Gasteiger partial charge in [-0.25, -0.2) is 0 Å². The van der Waals surface area contributed by atoms with Gasteiger partial charge in [0, 0.05) is 24.9 Å².